The van der Waals surface area contributed by atoms with Crippen LogP contribution in [0, 0.1) is 0 Å². The lowest BCUT2D eigenvalue weighted by molar-refractivity contribution is 0.342. The van der Waals surface area contributed by atoms with E-state index in [0.29, 0.717) is 29.7 Å². The van der Waals surface area contributed by atoms with E-state index in [1.807, 2.05) is 30.3 Å². The van der Waals surface area contributed by atoms with Crippen LogP contribution in [0.5, 0.6) is 23.1 Å². The quantitative estimate of drug-likeness (QED) is 0.839. The number of hydrogen-bond donors (Lipinski definition) is 2. The summed E-state index contributed by atoms with van der Waals surface area (Å²) >= 11 is 0. The van der Waals surface area contributed by atoms with Crippen LogP contribution in [0.15, 0.2) is 41.5 Å². The molecule has 1 aliphatic heterocycles. The van der Waals surface area contributed by atoms with Gasteiger partial charge in [-0.05, 0) is 24.1 Å². The summed E-state index contributed by atoms with van der Waals surface area (Å²) in [4.78, 5) is 8.73. The lowest BCUT2D eigenvalue weighted by Gasteiger charge is -2.16. The number of hydrogen-bond acceptors (Lipinski definition) is 7. The van der Waals surface area contributed by atoms with Gasteiger partial charge >= 0.3 is 0 Å². The third-order valence-electron chi connectivity index (χ3n) is 3.74. The minimum absolute atomic E-state index is 0.472. The van der Waals surface area contributed by atoms with Crippen molar-refractivity contribution < 1.29 is 14.2 Å². The standard InChI is InChI=1S/C18H22N4O3/c1-23-14-5-3-6-15(24-2)17(14)25-16-8-7-13(11-21-16)12-22-18-19-9-4-10-20-18/h3,5-8,11H,4,9-10,12H2,1-2H3,(H2,19,20,22). The Kier molecular flexibility index (Phi) is 5.56. The topological polar surface area (TPSA) is 77.0 Å². The number of methoxy groups -OCH3 is 2. The molecule has 0 saturated carbocycles. The Bertz CT molecular complexity index is 709. The zero-order valence-electron chi connectivity index (χ0n) is 14.4. The number of aromatic nitrogens is 1. The van der Waals surface area contributed by atoms with Crippen LogP contribution in [0.4, 0.5) is 0 Å². The van der Waals surface area contributed by atoms with Gasteiger partial charge in [-0.15, -0.1) is 0 Å². The molecule has 7 heteroatoms. The predicted octanol–water partition coefficient (Wildman–Crippen LogP) is 2.33. The highest BCUT2D eigenvalue weighted by atomic mass is 16.5. The van der Waals surface area contributed by atoms with Crippen molar-refractivity contribution in [2.75, 3.05) is 27.3 Å². The van der Waals surface area contributed by atoms with Crippen molar-refractivity contribution in [2.24, 2.45) is 4.99 Å². The normalized spacial score (nSPS) is 13.4. The summed E-state index contributed by atoms with van der Waals surface area (Å²) in [5, 5.41) is 6.49. The fourth-order valence-electron chi connectivity index (χ4n) is 2.44. The molecule has 2 aromatic rings. The van der Waals surface area contributed by atoms with E-state index in [2.05, 4.69) is 20.6 Å². The third kappa shape index (κ3) is 4.32. The Morgan fingerprint density at radius 1 is 1.12 bits per heavy atom. The Hall–Kier alpha value is -2.96. The molecule has 25 heavy (non-hydrogen) atoms. The van der Waals surface area contributed by atoms with Crippen molar-refractivity contribution >= 4 is 5.96 Å². The van der Waals surface area contributed by atoms with Crippen LogP contribution in [-0.4, -0.2) is 38.3 Å². The molecule has 2 N–H and O–H groups in total. The highest BCUT2D eigenvalue weighted by Gasteiger charge is 2.13. The van der Waals surface area contributed by atoms with Gasteiger partial charge in [-0.1, -0.05) is 12.1 Å². The maximum absolute atomic E-state index is 5.85. The summed E-state index contributed by atoms with van der Waals surface area (Å²) in [6, 6.07) is 9.25. The molecule has 0 saturated heterocycles. The molecule has 1 aromatic carbocycles. The van der Waals surface area contributed by atoms with Gasteiger partial charge in [0.2, 0.25) is 11.6 Å². The fraction of sp³-hybridized carbons (Fsp3) is 0.333. The van der Waals surface area contributed by atoms with Gasteiger partial charge in [-0.25, -0.2) is 4.98 Å². The molecule has 7 nitrogen and oxygen atoms in total. The summed E-state index contributed by atoms with van der Waals surface area (Å²) in [6.07, 6.45) is 2.85. The van der Waals surface area contributed by atoms with Crippen molar-refractivity contribution in [1.29, 1.82) is 0 Å². The number of ether oxygens (including phenoxy) is 3. The largest absolute Gasteiger partial charge is 0.493 e. The van der Waals surface area contributed by atoms with Crippen LogP contribution < -0.4 is 24.8 Å². The number of benzene rings is 1. The number of pyridine rings is 1. The smallest absolute Gasteiger partial charge is 0.219 e. The maximum Gasteiger partial charge on any atom is 0.219 e. The van der Waals surface area contributed by atoms with Crippen LogP contribution in [0.2, 0.25) is 0 Å². The second-order valence-corrected chi connectivity index (χ2v) is 5.46. The van der Waals surface area contributed by atoms with E-state index in [1.54, 1.807) is 20.4 Å². The number of nitrogens with zero attached hydrogens (tertiary/aromatic N) is 2. The SMILES string of the molecule is COc1cccc(OC)c1Oc1ccc(CNC2=NCCCN2)cn1. The number of nitrogens with one attached hydrogen (secondary N) is 2. The Labute approximate surface area is 147 Å². The molecule has 0 atom stereocenters. The van der Waals surface area contributed by atoms with Gasteiger partial charge in [0.1, 0.15) is 0 Å². The molecule has 0 amide bonds. The van der Waals surface area contributed by atoms with Crippen molar-refractivity contribution in [3.63, 3.8) is 0 Å². The first-order valence-electron chi connectivity index (χ1n) is 8.16. The lowest BCUT2D eigenvalue weighted by Crippen LogP contribution is -2.40. The van der Waals surface area contributed by atoms with E-state index in [1.165, 1.54) is 0 Å². The summed E-state index contributed by atoms with van der Waals surface area (Å²) < 4.78 is 16.5. The molecule has 0 fully saturated rings. The van der Waals surface area contributed by atoms with Crippen LogP contribution >= 0.6 is 0 Å². The molecule has 0 aliphatic carbocycles. The minimum Gasteiger partial charge on any atom is -0.493 e. The van der Waals surface area contributed by atoms with E-state index in [9.17, 15) is 0 Å². The summed E-state index contributed by atoms with van der Waals surface area (Å²) in [6.45, 7) is 2.47. The first-order valence-corrected chi connectivity index (χ1v) is 8.16. The zero-order valence-corrected chi connectivity index (χ0v) is 14.4. The van der Waals surface area contributed by atoms with E-state index in [-0.39, 0.29) is 0 Å². The highest BCUT2D eigenvalue weighted by Crippen LogP contribution is 2.39. The maximum atomic E-state index is 5.85. The highest BCUT2D eigenvalue weighted by molar-refractivity contribution is 5.80. The summed E-state index contributed by atoms with van der Waals surface area (Å²) in [5.41, 5.74) is 1.04. The predicted molar refractivity (Wildman–Crippen MR) is 95.6 cm³/mol. The van der Waals surface area contributed by atoms with Gasteiger partial charge in [-0.2, -0.15) is 0 Å². The van der Waals surface area contributed by atoms with Gasteiger partial charge in [0.05, 0.1) is 14.2 Å². The third-order valence-corrected chi connectivity index (χ3v) is 3.74. The minimum atomic E-state index is 0.472. The van der Waals surface area contributed by atoms with Crippen LogP contribution in [0.3, 0.4) is 0 Å². The molecule has 132 valence electrons. The molecule has 0 spiro atoms. The van der Waals surface area contributed by atoms with Crippen LogP contribution in [0.1, 0.15) is 12.0 Å². The van der Waals surface area contributed by atoms with Gasteiger partial charge in [0, 0.05) is 31.9 Å². The molecular weight excluding hydrogens is 320 g/mol. The van der Waals surface area contributed by atoms with Gasteiger partial charge in [0.25, 0.3) is 0 Å². The van der Waals surface area contributed by atoms with Crippen LogP contribution in [0.25, 0.3) is 0 Å². The molecular formula is C18H22N4O3. The number of rotatable bonds is 6. The van der Waals surface area contributed by atoms with Crippen LogP contribution in [-0.2, 0) is 6.54 Å². The molecule has 1 aromatic heterocycles. The fourth-order valence-corrected chi connectivity index (χ4v) is 2.44. The van der Waals surface area contributed by atoms with E-state index >= 15 is 0 Å². The second-order valence-electron chi connectivity index (χ2n) is 5.46. The van der Waals surface area contributed by atoms with Gasteiger partial charge in [0.15, 0.2) is 17.5 Å². The Balaban J connectivity index is 1.66. The van der Waals surface area contributed by atoms with Crippen molar-refractivity contribution in [3.8, 4) is 23.1 Å². The van der Waals surface area contributed by atoms with E-state index in [4.69, 9.17) is 14.2 Å². The van der Waals surface area contributed by atoms with E-state index < -0.39 is 0 Å². The molecule has 3 rings (SSSR count). The lowest BCUT2D eigenvalue weighted by atomic mass is 10.2. The average Bonchev–Trinajstić information content (AvgIpc) is 2.68. The average molecular weight is 342 g/mol. The number of guanidine groups is 1. The first kappa shape index (κ1) is 16.9. The van der Waals surface area contributed by atoms with E-state index in [0.717, 1.165) is 31.0 Å². The van der Waals surface area contributed by atoms with Crippen molar-refractivity contribution in [1.82, 2.24) is 15.6 Å². The van der Waals surface area contributed by atoms with Gasteiger partial charge in [-0.3, -0.25) is 4.99 Å². The zero-order chi connectivity index (χ0) is 17.5. The second kappa shape index (κ2) is 8.23. The monoisotopic (exact) mass is 342 g/mol. The molecule has 0 radical (unpaired) electrons. The molecule has 2 heterocycles. The molecule has 1 aliphatic rings. The van der Waals surface area contributed by atoms with Gasteiger partial charge < -0.3 is 24.8 Å². The number of para-hydroxylation sites is 1. The Morgan fingerprint density at radius 2 is 1.92 bits per heavy atom. The molecule has 0 unspecified atom stereocenters. The first-order chi connectivity index (χ1) is 12.3. The summed E-state index contributed by atoms with van der Waals surface area (Å²) in [5.74, 6) is 3.00. The Morgan fingerprint density at radius 3 is 2.52 bits per heavy atom. The summed E-state index contributed by atoms with van der Waals surface area (Å²) in [7, 11) is 3.18. The molecule has 0 bridgehead atoms. The van der Waals surface area contributed by atoms with Crippen molar-refractivity contribution in [3.05, 3.63) is 42.1 Å². The van der Waals surface area contributed by atoms with Crippen molar-refractivity contribution in [2.45, 2.75) is 13.0 Å². The number of aliphatic imine (C=N–C) groups is 1.